The maximum absolute atomic E-state index is 5.18. The van der Waals surface area contributed by atoms with Crippen molar-refractivity contribution in [3.63, 3.8) is 0 Å². The molecule has 0 aromatic heterocycles. The highest BCUT2D eigenvalue weighted by molar-refractivity contribution is 4.92. The van der Waals surface area contributed by atoms with Gasteiger partial charge >= 0.3 is 0 Å². The van der Waals surface area contributed by atoms with Crippen molar-refractivity contribution in [1.29, 1.82) is 0 Å². The summed E-state index contributed by atoms with van der Waals surface area (Å²) in [4.78, 5) is 2.57. The summed E-state index contributed by atoms with van der Waals surface area (Å²) in [5, 5.41) is 3.46. The topological polar surface area (TPSA) is 24.5 Å². The fraction of sp³-hybridized carbons (Fsp3) is 1.00. The number of hydrogen-bond acceptors (Lipinski definition) is 3. The molecule has 2 saturated heterocycles. The van der Waals surface area contributed by atoms with Crippen LogP contribution in [0.5, 0.6) is 0 Å². The number of fused-ring (bicyclic) bond motifs is 1. The van der Waals surface area contributed by atoms with Gasteiger partial charge in [-0.25, -0.2) is 0 Å². The summed E-state index contributed by atoms with van der Waals surface area (Å²) in [6.07, 6.45) is 0. The third-order valence-electron chi connectivity index (χ3n) is 3.45. The zero-order valence-electron chi connectivity index (χ0n) is 8.62. The molecule has 0 saturated carbocycles. The Morgan fingerprint density at radius 2 is 2.00 bits per heavy atom. The van der Waals surface area contributed by atoms with Crippen molar-refractivity contribution in [1.82, 2.24) is 10.2 Å². The molecule has 13 heavy (non-hydrogen) atoms. The van der Waals surface area contributed by atoms with E-state index >= 15 is 0 Å². The van der Waals surface area contributed by atoms with Crippen LogP contribution in [0, 0.1) is 11.8 Å². The second-order valence-electron chi connectivity index (χ2n) is 4.44. The van der Waals surface area contributed by atoms with Crippen LogP contribution in [0.3, 0.4) is 0 Å². The summed E-state index contributed by atoms with van der Waals surface area (Å²) in [5.74, 6) is 1.80. The molecule has 2 aliphatic rings. The van der Waals surface area contributed by atoms with Crippen molar-refractivity contribution in [2.45, 2.75) is 13.0 Å². The van der Waals surface area contributed by atoms with Gasteiger partial charge in [0.25, 0.3) is 0 Å². The minimum absolute atomic E-state index is 0.593. The maximum Gasteiger partial charge on any atom is 0.0615 e. The molecule has 0 spiro atoms. The van der Waals surface area contributed by atoms with E-state index < -0.39 is 0 Å². The third kappa shape index (κ3) is 1.87. The zero-order chi connectivity index (χ0) is 9.26. The predicted molar refractivity (Wildman–Crippen MR) is 52.8 cm³/mol. The van der Waals surface area contributed by atoms with Crippen LogP contribution in [0.2, 0.25) is 0 Å². The van der Waals surface area contributed by atoms with E-state index in [4.69, 9.17) is 4.74 Å². The van der Waals surface area contributed by atoms with Crippen LogP contribution in [0.15, 0.2) is 0 Å². The Morgan fingerprint density at radius 1 is 1.38 bits per heavy atom. The van der Waals surface area contributed by atoms with E-state index in [2.05, 4.69) is 17.1 Å². The highest BCUT2D eigenvalue weighted by Crippen LogP contribution is 2.27. The van der Waals surface area contributed by atoms with Gasteiger partial charge in [0.1, 0.15) is 0 Å². The van der Waals surface area contributed by atoms with Gasteiger partial charge in [0.15, 0.2) is 0 Å². The fourth-order valence-electron chi connectivity index (χ4n) is 2.60. The van der Waals surface area contributed by atoms with Crippen molar-refractivity contribution < 1.29 is 4.74 Å². The van der Waals surface area contributed by atoms with Crippen molar-refractivity contribution in [3.8, 4) is 0 Å². The normalized spacial score (nSPS) is 36.5. The van der Waals surface area contributed by atoms with Gasteiger partial charge in [0.2, 0.25) is 0 Å². The van der Waals surface area contributed by atoms with Crippen molar-refractivity contribution in [2.75, 3.05) is 39.9 Å². The lowest BCUT2D eigenvalue weighted by Crippen LogP contribution is -2.36. The van der Waals surface area contributed by atoms with E-state index in [0.717, 1.165) is 18.4 Å². The smallest absolute Gasteiger partial charge is 0.0615 e. The van der Waals surface area contributed by atoms with Gasteiger partial charge in [-0.15, -0.1) is 0 Å². The number of nitrogens with zero attached hydrogens (tertiary/aromatic N) is 1. The molecule has 1 N–H and O–H groups in total. The van der Waals surface area contributed by atoms with Crippen LogP contribution in [0.25, 0.3) is 0 Å². The summed E-state index contributed by atoms with van der Waals surface area (Å²) < 4.78 is 5.18. The van der Waals surface area contributed by atoms with Gasteiger partial charge in [0.05, 0.1) is 6.61 Å². The molecular formula is C10H20N2O. The summed E-state index contributed by atoms with van der Waals surface area (Å²) in [7, 11) is 1.79. The first kappa shape index (κ1) is 9.44. The van der Waals surface area contributed by atoms with Crippen molar-refractivity contribution >= 4 is 0 Å². The standard InChI is InChI=1S/C10H20N2O/c1-8(7-13-2)12-5-9-3-11-4-10(9)6-12/h8-11H,3-7H2,1-2H3. The molecule has 0 bridgehead atoms. The predicted octanol–water partition coefficient (Wildman–Crippen LogP) is 0.173. The van der Waals surface area contributed by atoms with Gasteiger partial charge in [-0.1, -0.05) is 0 Å². The minimum Gasteiger partial charge on any atom is -0.383 e. The highest BCUT2D eigenvalue weighted by Gasteiger charge is 2.37. The van der Waals surface area contributed by atoms with Crippen LogP contribution < -0.4 is 5.32 Å². The highest BCUT2D eigenvalue weighted by atomic mass is 16.5. The molecule has 2 aliphatic heterocycles. The van der Waals surface area contributed by atoms with Crippen LogP contribution in [-0.2, 0) is 4.74 Å². The Hall–Kier alpha value is -0.120. The first-order valence-electron chi connectivity index (χ1n) is 5.25. The first-order chi connectivity index (χ1) is 6.31. The van der Waals surface area contributed by atoms with E-state index in [1.54, 1.807) is 7.11 Å². The summed E-state index contributed by atoms with van der Waals surface area (Å²) in [6, 6.07) is 0.593. The molecule has 2 fully saturated rings. The molecule has 3 nitrogen and oxygen atoms in total. The Labute approximate surface area is 80.4 Å². The number of likely N-dealkylation sites (tertiary alicyclic amines) is 1. The molecule has 3 heteroatoms. The lowest BCUT2D eigenvalue weighted by atomic mass is 10.0. The Kier molecular flexibility index (Phi) is 2.86. The molecule has 0 aromatic rings. The summed E-state index contributed by atoms with van der Waals surface area (Å²) >= 11 is 0. The summed E-state index contributed by atoms with van der Waals surface area (Å²) in [6.45, 7) is 8.11. The maximum atomic E-state index is 5.18. The number of hydrogen-bond donors (Lipinski definition) is 1. The molecule has 0 aromatic carbocycles. The largest absolute Gasteiger partial charge is 0.383 e. The SMILES string of the molecule is COCC(C)N1CC2CNCC2C1. The van der Waals surface area contributed by atoms with E-state index in [1.165, 1.54) is 26.2 Å². The number of methoxy groups -OCH3 is 1. The summed E-state index contributed by atoms with van der Waals surface area (Å²) in [5.41, 5.74) is 0. The number of rotatable bonds is 3. The minimum atomic E-state index is 0.593. The van der Waals surface area contributed by atoms with Crippen LogP contribution in [0.4, 0.5) is 0 Å². The molecular weight excluding hydrogens is 164 g/mol. The Bertz CT molecular complexity index is 162. The Balaban J connectivity index is 1.84. The average molecular weight is 184 g/mol. The lowest BCUT2D eigenvalue weighted by molar-refractivity contribution is 0.110. The van der Waals surface area contributed by atoms with Crippen molar-refractivity contribution in [3.05, 3.63) is 0 Å². The second-order valence-corrected chi connectivity index (χ2v) is 4.44. The quantitative estimate of drug-likeness (QED) is 0.677. The molecule has 2 rings (SSSR count). The first-order valence-corrected chi connectivity index (χ1v) is 5.25. The second kappa shape index (κ2) is 3.95. The van der Waals surface area contributed by atoms with E-state index in [9.17, 15) is 0 Å². The third-order valence-corrected chi connectivity index (χ3v) is 3.45. The molecule has 0 aliphatic carbocycles. The van der Waals surface area contributed by atoms with Crippen LogP contribution in [0.1, 0.15) is 6.92 Å². The number of nitrogens with one attached hydrogen (secondary N) is 1. The average Bonchev–Trinajstić information content (AvgIpc) is 2.61. The molecule has 2 heterocycles. The van der Waals surface area contributed by atoms with Crippen LogP contribution >= 0.6 is 0 Å². The molecule has 3 atom stereocenters. The zero-order valence-corrected chi connectivity index (χ0v) is 8.62. The monoisotopic (exact) mass is 184 g/mol. The lowest BCUT2D eigenvalue weighted by Gasteiger charge is -2.24. The van der Waals surface area contributed by atoms with E-state index in [0.29, 0.717) is 6.04 Å². The van der Waals surface area contributed by atoms with E-state index in [1.807, 2.05) is 0 Å². The van der Waals surface area contributed by atoms with Gasteiger partial charge in [0, 0.05) is 26.2 Å². The van der Waals surface area contributed by atoms with Gasteiger partial charge in [-0.3, -0.25) is 4.90 Å². The molecule has 76 valence electrons. The van der Waals surface area contributed by atoms with Crippen LogP contribution in [-0.4, -0.2) is 50.8 Å². The van der Waals surface area contributed by atoms with E-state index in [-0.39, 0.29) is 0 Å². The number of ether oxygens (including phenoxy) is 1. The van der Waals surface area contributed by atoms with Gasteiger partial charge < -0.3 is 10.1 Å². The van der Waals surface area contributed by atoms with Gasteiger partial charge in [-0.05, 0) is 31.8 Å². The molecule has 0 amide bonds. The van der Waals surface area contributed by atoms with Crippen molar-refractivity contribution in [2.24, 2.45) is 11.8 Å². The molecule has 3 unspecified atom stereocenters. The van der Waals surface area contributed by atoms with Gasteiger partial charge in [-0.2, -0.15) is 0 Å². The Morgan fingerprint density at radius 3 is 2.54 bits per heavy atom. The molecule has 0 radical (unpaired) electrons. The fourth-order valence-corrected chi connectivity index (χ4v) is 2.60.